The number of nitrogens with zero attached hydrogens (tertiary/aromatic N) is 1. The highest BCUT2D eigenvalue weighted by atomic mass is 33.1. The van der Waals surface area contributed by atoms with Crippen molar-refractivity contribution in [1.82, 2.24) is 0 Å². The number of hydrogen-bond acceptors (Lipinski definition) is 3. The first-order valence-corrected chi connectivity index (χ1v) is 5.76. The van der Waals surface area contributed by atoms with Crippen molar-refractivity contribution in [2.24, 2.45) is 4.40 Å². The third kappa shape index (κ3) is 1.73. The Labute approximate surface area is 79.5 Å². The lowest BCUT2D eigenvalue weighted by Gasteiger charge is -2.03. The van der Waals surface area contributed by atoms with Crippen molar-refractivity contribution in [1.29, 1.82) is 0 Å². The minimum absolute atomic E-state index is 1.05. The van der Waals surface area contributed by atoms with E-state index in [0.717, 1.165) is 5.71 Å². The topological polar surface area (TPSA) is 12.4 Å². The summed E-state index contributed by atoms with van der Waals surface area (Å²) >= 11 is 0. The number of hydrogen-bond donors (Lipinski definition) is 0. The van der Waals surface area contributed by atoms with Crippen molar-refractivity contribution in [3.05, 3.63) is 47.4 Å². The Morgan fingerprint density at radius 2 is 1.92 bits per heavy atom. The van der Waals surface area contributed by atoms with E-state index in [-0.39, 0.29) is 0 Å². The van der Waals surface area contributed by atoms with Gasteiger partial charge in [-0.3, -0.25) is 0 Å². The van der Waals surface area contributed by atoms with Gasteiger partial charge in [0.15, 0.2) is 0 Å². The van der Waals surface area contributed by atoms with Crippen LogP contribution in [0.15, 0.2) is 46.2 Å². The first-order chi connectivity index (χ1) is 5.97. The van der Waals surface area contributed by atoms with Gasteiger partial charge in [-0.2, -0.15) is 0 Å². The largest absolute Gasteiger partial charge is 0.204 e. The van der Waals surface area contributed by atoms with Crippen LogP contribution < -0.4 is 0 Å². The molecule has 0 aromatic heterocycles. The molecule has 0 amide bonds. The predicted molar refractivity (Wildman–Crippen MR) is 57.3 cm³/mol. The summed E-state index contributed by atoms with van der Waals surface area (Å²) in [6.45, 7) is 0. The molecule has 0 saturated carbocycles. The molecular formula is C9H7NS2. The van der Waals surface area contributed by atoms with Crippen LogP contribution in [0.5, 0.6) is 0 Å². The van der Waals surface area contributed by atoms with Gasteiger partial charge in [0, 0.05) is 16.5 Å². The van der Waals surface area contributed by atoms with Crippen molar-refractivity contribution in [2.75, 3.05) is 0 Å². The summed E-state index contributed by atoms with van der Waals surface area (Å²) < 4.78 is 4.31. The van der Waals surface area contributed by atoms with Crippen molar-refractivity contribution in [3.63, 3.8) is 0 Å². The molecule has 0 atom stereocenters. The van der Waals surface area contributed by atoms with E-state index in [1.165, 1.54) is 16.5 Å². The fourth-order valence-electron chi connectivity index (χ4n) is 0.967. The van der Waals surface area contributed by atoms with E-state index >= 15 is 0 Å². The number of benzene rings is 1. The van der Waals surface area contributed by atoms with Crippen LogP contribution in [0.2, 0.25) is 0 Å². The van der Waals surface area contributed by atoms with Crippen LogP contribution in [0, 0.1) is 0 Å². The van der Waals surface area contributed by atoms with Crippen molar-refractivity contribution in [3.8, 4) is 0 Å². The molecule has 3 heteroatoms. The zero-order valence-corrected chi connectivity index (χ0v) is 7.94. The van der Waals surface area contributed by atoms with Crippen LogP contribution in [0.25, 0.3) is 0 Å². The van der Waals surface area contributed by atoms with Crippen molar-refractivity contribution >= 4 is 27.5 Å². The van der Waals surface area contributed by atoms with E-state index < -0.39 is 0 Å². The van der Waals surface area contributed by atoms with Crippen LogP contribution in [0.1, 0.15) is 5.56 Å². The molecular weight excluding hydrogens is 186 g/mol. The molecule has 0 spiro atoms. The van der Waals surface area contributed by atoms with Gasteiger partial charge in [0.25, 0.3) is 0 Å². The van der Waals surface area contributed by atoms with E-state index in [2.05, 4.69) is 21.9 Å². The van der Waals surface area contributed by atoms with Gasteiger partial charge in [-0.15, -0.1) is 0 Å². The van der Waals surface area contributed by atoms with Crippen molar-refractivity contribution < 1.29 is 0 Å². The molecule has 0 saturated heterocycles. The third-order valence-corrected chi connectivity index (χ3v) is 2.95. The fourth-order valence-corrected chi connectivity index (χ4v) is 2.18. The summed E-state index contributed by atoms with van der Waals surface area (Å²) in [4.78, 5) is 0. The average molecular weight is 193 g/mol. The zero-order chi connectivity index (χ0) is 8.23. The fraction of sp³-hybridized carbons (Fsp3) is 0. The second-order valence-corrected chi connectivity index (χ2v) is 4.14. The Kier molecular flexibility index (Phi) is 2.54. The lowest BCUT2D eigenvalue weighted by Crippen LogP contribution is -1.95. The lowest BCUT2D eigenvalue weighted by atomic mass is 10.1. The van der Waals surface area contributed by atoms with E-state index in [1.54, 1.807) is 10.8 Å². The highest BCUT2D eigenvalue weighted by molar-refractivity contribution is 8.77. The smallest absolute Gasteiger partial charge is 0.0800 e. The Hall–Kier alpha value is -0.670. The van der Waals surface area contributed by atoms with Gasteiger partial charge in [-0.1, -0.05) is 30.3 Å². The zero-order valence-electron chi connectivity index (χ0n) is 6.31. The van der Waals surface area contributed by atoms with E-state index in [9.17, 15) is 0 Å². The summed E-state index contributed by atoms with van der Waals surface area (Å²) in [6.07, 6.45) is 2.04. The van der Waals surface area contributed by atoms with E-state index in [1.807, 2.05) is 24.3 Å². The number of rotatable bonds is 1. The molecule has 0 radical (unpaired) electrons. The van der Waals surface area contributed by atoms with Crippen LogP contribution in [0.4, 0.5) is 0 Å². The van der Waals surface area contributed by atoms with Gasteiger partial charge in [0.05, 0.1) is 5.71 Å². The molecule has 12 heavy (non-hydrogen) atoms. The molecule has 0 fully saturated rings. The molecule has 2 rings (SSSR count). The molecule has 0 aliphatic carbocycles. The monoisotopic (exact) mass is 193 g/mol. The average Bonchev–Trinajstić information content (AvgIpc) is 2.21. The standard InChI is InChI=1S/C9H7NS2/c1-2-4-8(5-3-1)9-6-7-11-12-10-9/h1-7H. The molecule has 0 unspecified atom stereocenters. The second-order valence-electron chi connectivity index (χ2n) is 2.32. The van der Waals surface area contributed by atoms with Crippen LogP contribution in [0.3, 0.4) is 0 Å². The quantitative estimate of drug-likeness (QED) is 0.501. The molecule has 0 N–H and O–H groups in total. The lowest BCUT2D eigenvalue weighted by molar-refractivity contribution is 1.64. The first-order valence-electron chi connectivity index (χ1n) is 3.59. The Morgan fingerprint density at radius 1 is 1.08 bits per heavy atom. The summed E-state index contributed by atoms with van der Waals surface area (Å²) in [6, 6.07) is 10.2. The first kappa shape index (κ1) is 7.95. The molecule has 1 aromatic rings. The minimum atomic E-state index is 1.05. The maximum absolute atomic E-state index is 4.31. The van der Waals surface area contributed by atoms with E-state index in [4.69, 9.17) is 0 Å². The summed E-state index contributed by atoms with van der Waals surface area (Å²) in [7, 11) is 3.16. The van der Waals surface area contributed by atoms with Crippen LogP contribution in [-0.4, -0.2) is 5.71 Å². The second kappa shape index (κ2) is 3.83. The van der Waals surface area contributed by atoms with Gasteiger partial charge in [0.2, 0.25) is 0 Å². The SMILES string of the molecule is C1=CC(c2ccccc2)=NSS1. The molecule has 1 aliphatic rings. The van der Waals surface area contributed by atoms with Gasteiger partial charge < -0.3 is 0 Å². The van der Waals surface area contributed by atoms with Gasteiger partial charge >= 0.3 is 0 Å². The summed E-state index contributed by atoms with van der Waals surface area (Å²) in [5.74, 6) is 0. The Morgan fingerprint density at radius 3 is 2.58 bits per heavy atom. The highest BCUT2D eigenvalue weighted by Crippen LogP contribution is 2.28. The number of allylic oxidation sites excluding steroid dienone is 1. The maximum atomic E-state index is 4.31. The molecule has 60 valence electrons. The van der Waals surface area contributed by atoms with Gasteiger partial charge in [0.1, 0.15) is 0 Å². The Balaban J connectivity index is 2.31. The summed E-state index contributed by atoms with van der Waals surface area (Å²) in [5.41, 5.74) is 2.24. The van der Waals surface area contributed by atoms with Gasteiger partial charge in [-0.25, -0.2) is 4.40 Å². The normalized spacial score (nSPS) is 15.8. The Bertz CT molecular complexity index is 317. The third-order valence-electron chi connectivity index (χ3n) is 1.53. The van der Waals surface area contributed by atoms with Crippen molar-refractivity contribution in [2.45, 2.75) is 0 Å². The maximum Gasteiger partial charge on any atom is 0.0800 e. The minimum Gasteiger partial charge on any atom is -0.204 e. The molecule has 1 heterocycles. The van der Waals surface area contributed by atoms with Crippen LogP contribution >= 0.6 is 21.8 Å². The van der Waals surface area contributed by atoms with Gasteiger partial charge in [-0.05, 0) is 22.3 Å². The molecule has 1 aromatic carbocycles. The van der Waals surface area contributed by atoms with Crippen LogP contribution in [-0.2, 0) is 0 Å². The van der Waals surface area contributed by atoms with E-state index in [0.29, 0.717) is 0 Å². The predicted octanol–water partition coefficient (Wildman–Crippen LogP) is 3.30. The molecule has 0 bridgehead atoms. The molecule has 1 nitrogen and oxygen atoms in total. The highest BCUT2D eigenvalue weighted by Gasteiger charge is 2.01. The summed E-state index contributed by atoms with van der Waals surface area (Å²) in [5, 5.41) is 2.06. The molecule has 1 aliphatic heterocycles.